The van der Waals surface area contributed by atoms with Gasteiger partial charge in [-0.1, -0.05) is 16.7 Å². The van der Waals surface area contributed by atoms with Crippen molar-refractivity contribution in [3.63, 3.8) is 0 Å². The van der Waals surface area contributed by atoms with Crippen molar-refractivity contribution in [1.82, 2.24) is 15.5 Å². The Hall–Kier alpha value is -1.11. The molecule has 0 radical (unpaired) electrons. The largest absolute Gasteiger partial charge is 0.406 e. The fraction of sp³-hybridized carbons (Fsp3) is 0.273. The van der Waals surface area contributed by atoms with Crippen LogP contribution in [0.4, 0.5) is 11.7 Å². The maximum atomic E-state index is 5.92. The molecule has 96 valence electrons. The van der Waals surface area contributed by atoms with E-state index >= 15 is 0 Å². The minimum absolute atomic E-state index is 0.0100. The van der Waals surface area contributed by atoms with Gasteiger partial charge in [0, 0.05) is 9.50 Å². The molecule has 18 heavy (non-hydrogen) atoms. The zero-order chi connectivity index (χ0) is 13.1. The van der Waals surface area contributed by atoms with Gasteiger partial charge in [0.05, 0.1) is 11.7 Å². The van der Waals surface area contributed by atoms with Gasteiger partial charge < -0.3 is 15.1 Å². The van der Waals surface area contributed by atoms with Gasteiger partial charge in [0.1, 0.15) is 0 Å². The summed E-state index contributed by atoms with van der Waals surface area (Å²) in [6.45, 7) is 1.94. The van der Waals surface area contributed by atoms with E-state index in [1.54, 1.807) is 12.1 Å². The van der Waals surface area contributed by atoms with Crippen molar-refractivity contribution >= 4 is 39.2 Å². The van der Waals surface area contributed by atoms with Crippen LogP contribution in [0.25, 0.3) is 0 Å². The predicted octanol–water partition coefficient (Wildman–Crippen LogP) is 3.51. The molecule has 2 rings (SSSR count). The van der Waals surface area contributed by atoms with E-state index in [1.807, 2.05) is 20.0 Å². The van der Waals surface area contributed by atoms with Crippen LogP contribution in [0.2, 0.25) is 5.02 Å². The summed E-state index contributed by atoms with van der Waals surface area (Å²) in [5.74, 6) is 0.526. The Kier molecular flexibility index (Phi) is 4.21. The van der Waals surface area contributed by atoms with Crippen LogP contribution in [0.3, 0.4) is 0 Å². The third kappa shape index (κ3) is 3.01. The lowest BCUT2D eigenvalue weighted by Crippen LogP contribution is -2.12. The predicted molar refractivity (Wildman–Crippen MR) is 74.2 cm³/mol. The molecule has 0 aliphatic carbocycles. The van der Waals surface area contributed by atoms with E-state index in [1.165, 1.54) is 0 Å². The zero-order valence-electron chi connectivity index (χ0n) is 9.87. The Morgan fingerprint density at radius 3 is 2.89 bits per heavy atom. The van der Waals surface area contributed by atoms with Crippen molar-refractivity contribution in [3.8, 4) is 0 Å². The Bertz CT molecular complexity index is 546. The maximum Gasteiger partial charge on any atom is 0.320 e. The molecule has 0 aliphatic rings. The molecule has 0 saturated carbocycles. The van der Waals surface area contributed by atoms with Crippen LogP contribution in [0.5, 0.6) is 0 Å². The lowest BCUT2D eigenvalue weighted by molar-refractivity contribution is 0.443. The smallest absolute Gasteiger partial charge is 0.320 e. The number of hydrogen-bond donors (Lipinski definition) is 2. The first kappa shape index (κ1) is 13.3. The van der Waals surface area contributed by atoms with Crippen LogP contribution < -0.4 is 10.6 Å². The van der Waals surface area contributed by atoms with Crippen LogP contribution in [0, 0.1) is 0 Å². The maximum absolute atomic E-state index is 5.92. The number of rotatable bonds is 4. The van der Waals surface area contributed by atoms with Crippen LogP contribution in [0.1, 0.15) is 18.9 Å². The van der Waals surface area contributed by atoms with E-state index in [2.05, 4.69) is 36.8 Å². The molecule has 1 aromatic heterocycles. The Morgan fingerprint density at radius 2 is 2.17 bits per heavy atom. The molecule has 1 aromatic carbocycles. The van der Waals surface area contributed by atoms with Crippen molar-refractivity contribution in [2.45, 2.75) is 13.0 Å². The normalized spacial score (nSPS) is 12.4. The molecular formula is C11H12BrClN4O. The SMILES string of the molecule is CNC(C)c1nnc(Nc2cc(Cl)ccc2Br)o1. The van der Waals surface area contributed by atoms with Crippen molar-refractivity contribution in [2.75, 3.05) is 12.4 Å². The zero-order valence-corrected chi connectivity index (χ0v) is 12.2. The fourth-order valence-electron chi connectivity index (χ4n) is 1.29. The molecular weight excluding hydrogens is 320 g/mol. The lowest BCUT2D eigenvalue weighted by Gasteiger charge is -2.05. The molecule has 0 spiro atoms. The van der Waals surface area contributed by atoms with Gasteiger partial charge in [-0.25, -0.2) is 0 Å². The van der Waals surface area contributed by atoms with Gasteiger partial charge in [-0.15, -0.1) is 5.10 Å². The molecule has 0 amide bonds. The molecule has 0 aliphatic heterocycles. The van der Waals surface area contributed by atoms with Crippen LogP contribution in [-0.4, -0.2) is 17.2 Å². The molecule has 2 N–H and O–H groups in total. The first-order valence-electron chi connectivity index (χ1n) is 5.33. The van der Waals surface area contributed by atoms with E-state index in [0.29, 0.717) is 16.9 Å². The monoisotopic (exact) mass is 330 g/mol. The molecule has 0 saturated heterocycles. The van der Waals surface area contributed by atoms with Crippen molar-refractivity contribution in [2.24, 2.45) is 0 Å². The van der Waals surface area contributed by atoms with Crippen molar-refractivity contribution in [1.29, 1.82) is 0 Å². The fourth-order valence-corrected chi connectivity index (χ4v) is 1.81. The highest BCUT2D eigenvalue weighted by Crippen LogP contribution is 2.28. The number of nitrogens with zero attached hydrogens (tertiary/aromatic N) is 2. The average molecular weight is 332 g/mol. The topological polar surface area (TPSA) is 63.0 Å². The van der Waals surface area contributed by atoms with Crippen LogP contribution in [0.15, 0.2) is 27.1 Å². The number of halogens is 2. The van der Waals surface area contributed by atoms with E-state index in [4.69, 9.17) is 16.0 Å². The number of benzene rings is 1. The number of hydrogen-bond acceptors (Lipinski definition) is 5. The highest BCUT2D eigenvalue weighted by Gasteiger charge is 2.12. The molecule has 0 bridgehead atoms. The van der Waals surface area contributed by atoms with Crippen LogP contribution in [-0.2, 0) is 0 Å². The highest BCUT2D eigenvalue weighted by atomic mass is 79.9. The molecule has 0 fully saturated rings. The summed E-state index contributed by atoms with van der Waals surface area (Å²) >= 11 is 9.34. The Labute approximate surface area is 118 Å². The van der Waals surface area contributed by atoms with Gasteiger partial charge >= 0.3 is 6.01 Å². The molecule has 7 heteroatoms. The number of aromatic nitrogens is 2. The summed E-state index contributed by atoms with van der Waals surface area (Å²) in [5.41, 5.74) is 0.773. The van der Waals surface area contributed by atoms with Crippen molar-refractivity contribution < 1.29 is 4.42 Å². The second-order valence-electron chi connectivity index (χ2n) is 3.70. The summed E-state index contributed by atoms with van der Waals surface area (Å²) < 4.78 is 6.34. The van der Waals surface area contributed by atoms with E-state index in [9.17, 15) is 0 Å². The van der Waals surface area contributed by atoms with Crippen molar-refractivity contribution in [3.05, 3.63) is 33.6 Å². The quantitative estimate of drug-likeness (QED) is 0.897. The summed E-state index contributed by atoms with van der Waals surface area (Å²) in [7, 11) is 1.83. The molecule has 5 nitrogen and oxygen atoms in total. The second kappa shape index (κ2) is 5.69. The first-order valence-corrected chi connectivity index (χ1v) is 6.50. The summed E-state index contributed by atoms with van der Waals surface area (Å²) in [6.07, 6.45) is 0. The number of nitrogens with one attached hydrogen (secondary N) is 2. The molecule has 2 aromatic rings. The minimum atomic E-state index is 0.0100. The van der Waals surface area contributed by atoms with E-state index in [-0.39, 0.29) is 6.04 Å². The van der Waals surface area contributed by atoms with Gasteiger partial charge in [-0.05, 0) is 48.1 Å². The Morgan fingerprint density at radius 1 is 1.39 bits per heavy atom. The lowest BCUT2D eigenvalue weighted by atomic mass is 10.3. The van der Waals surface area contributed by atoms with Crippen LogP contribution >= 0.6 is 27.5 Å². The first-order chi connectivity index (χ1) is 8.60. The summed E-state index contributed by atoms with van der Waals surface area (Å²) in [4.78, 5) is 0. The third-order valence-corrected chi connectivity index (χ3v) is 3.34. The van der Waals surface area contributed by atoms with Gasteiger partial charge in [-0.2, -0.15) is 0 Å². The number of anilines is 2. The Balaban J connectivity index is 2.18. The minimum Gasteiger partial charge on any atom is -0.406 e. The van der Waals surface area contributed by atoms with E-state index in [0.717, 1.165) is 10.2 Å². The second-order valence-corrected chi connectivity index (χ2v) is 5.00. The molecule has 1 unspecified atom stereocenters. The van der Waals surface area contributed by atoms with Gasteiger partial charge in [-0.3, -0.25) is 0 Å². The summed E-state index contributed by atoms with van der Waals surface area (Å²) in [5, 5.41) is 14.5. The average Bonchev–Trinajstić information content (AvgIpc) is 2.81. The standard InChI is InChI=1S/C11H12BrClN4O/c1-6(14-2)10-16-17-11(18-10)15-9-5-7(13)3-4-8(9)12/h3-6,14H,1-2H3,(H,15,17). The summed E-state index contributed by atoms with van der Waals surface area (Å²) in [6, 6.07) is 5.75. The highest BCUT2D eigenvalue weighted by molar-refractivity contribution is 9.10. The molecule has 1 heterocycles. The van der Waals surface area contributed by atoms with Gasteiger partial charge in [0.25, 0.3) is 0 Å². The van der Waals surface area contributed by atoms with Gasteiger partial charge in [0.2, 0.25) is 5.89 Å². The van der Waals surface area contributed by atoms with Gasteiger partial charge in [0.15, 0.2) is 0 Å². The third-order valence-electron chi connectivity index (χ3n) is 2.41. The van der Waals surface area contributed by atoms with E-state index < -0.39 is 0 Å². The molecule has 1 atom stereocenters.